The third-order valence-electron chi connectivity index (χ3n) is 3.05. The number of hydrogen-bond acceptors (Lipinski definition) is 4. The maximum atomic E-state index is 13.7. The van der Waals surface area contributed by atoms with E-state index in [1.165, 1.54) is 7.11 Å². The van der Waals surface area contributed by atoms with E-state index in [2.05, 4.69) is 10.1 Å². The molecule has 1 aromatic carbocycles. The van der Waals surface area contributed by atoms with Crippen molar-refractivity contribution in [2.45, 2.75) is 32.8 Å². The van der Waals surface area contributed by atoms with E-state index in [4.69, 9.17) is 4.74 Å². The number of rotatable bonds is 3. The SMILES string of the molecule is CC(C)(C)OC=O.COc1c(F)ccc(F)c1C1=CCNCC1. The lowest BCUT2D eigenvalue weighted by molar-refractivity contribution is -0.138. The van der Waals surface area contributed by atoms with Gasteiger partial charge in [0.2, 0.25) is 0 Å². The monoisotopic (exact) mass is 327 g/mol. The number of methoxy groups -OCH3 is 1. The molecule has 6 heteroatoms. The zero-order valence-electron chi connectivity index (χ0n) is 13.9. The summed E-state index contributed by atoms with van der Waals surface area (Å²) < 4.78 is 36.6. The Balaban J connectivity index is 0.000000322. The molecule has 4 nitrogen and oxygen atoms in total. The van der Waals surface area contributed by atoms with Gasteiger partial charge < -0.3 is 14.8 Å². The lowest BCUT2D eigenvalue weighted by atomic mass is 9.98. The zero-order valence-corrected chi connectivity index (χ0v) is 13.9. The van der Waals surface area contributed by atoms with Crippen LogP contribution in [0.15, 0.2) is 18.2 Å². The predicted molar refractivity (Wildman–Crippen MR) is 85.3 cm³/mol. The Morgan fingerprint density at radius 3 is 2.30 bits per heavy atom. The van der Waals surface area contributed by atoms with Gasteiger partial charge in [-0.15, -0.1) is 0 Å². The maximum absolute atomic E-state index is 13.7. The van der Waals surface area contributed by atoms with Crippen LogP contribution in [-0.4, -0.2) is 32.3 Å². The van der Waals surface area contributed by atoms with Crippen LogP contribution >= 0.6 is 0 Å². The molecule has 0 aliphatic carbocycles. The fourth-order valence-corrected chi connectivity index (χ4v) is 2.03. The third-order valence-corrected chi connectivity index (χ3v) is 3.05. The molecule has 0 saturated carbocycles. The molecule has 0 radical (unpaired) electrons. The number of ether oxygens (including phenoxy) is 2. The first-order valence-corrected chi connectivity index (χ1v) is 7.33. The van der Waals surface area contributed by atoms with Gasteiger partial charge in [-0.05, 0) is 51.4 Å². The van der Waals surface area contributed by atoms with Crippen molar-refractivity contribution < 1.29 is 23.0 Å². The van der Waals surface area contributed by atoms with Crippen LogP contribution in [0.4, 0.5) is 8.78 Å². The minimum Gasteiger partial charge on any atom is -0.493 e. The van der Waals surface area contributed by atoms with Crippen LogP contribution < -0.4 is 10.1 Å². The van der Waals surface area contributed by atoms with Crippen molar-refractivity contribution in [3.05, 3.63) is 35.4 Å². The van der Waals surface area contributed by atoms with Gasteiger partial charge in [0.05, 0.1) is 12.7 Å². The molecule has 1 aliphatic heterocycles. The van der Waals surface area contributed by atoms with Crippen molar-refractivity contribution in [2.24, 2.45) is 0 Å². The summed E-state index contributed by atoms with van der Waals surface area (Å²) in [5.41, 5.74) is 0.735. The summed E-state index contributed by atoms with van der Waals surface area (Å²) in [7, 11) is 1.35. The third kappa shape index (κ3) is 5.98. The molecule has 0 atom stereocenters. The minimum absolute atomic E-state index is 0.00634. The van der Waals surface area contributed by atoms with Crippen LogP contribution in [-0.2, 0) is 9.53 Å². The van der Waals surface area contributed by atoms with E-state index >= 15 is 0 Å². The normalized spacial score (nSPS) is 14.3. The van der Waals surface area contributed by atoms with E-state index in [0.29, 0.717) is 19.4 Å². The van der Waals surface area contributed by atoms with Gasteiger partial charge in [0.1, 0.15) is 11.4 Å². The van der Waals surface area contributed by atoms with Crippen molar-refractivity contribution in [3.8, 4) is 5.75 Å². The van der Waals surface area contributed by atoms with Crippen LogP contribution in [0.25, 0.3) is 5.57 Å². The fraction of sp³-hybridized carbons (Fsp3) is 0.471. The van der Waals surface area contributed by atoms with Gasteiger partial charge >= 0.3 is 0 Å². The molecule has 0 spiro atoms. The molecule has 2 rings (SSSR count). The van der Waals surface area contributed by atoms with E-state index < -0.39 is 11.6 Å². The van der Waals surface area contributed by atoms with Crippen LogP contribution in [0.1, 0.15) is 32.8 Å². The summed E-state index contributed by atoms with van der Waals surface area (Å²) in [6.07, 6.45) is 2.54. The van der Waals surface area contributed by atoms with Crippen molar-refractivity contribution in [2.75, 3.05) is 20.2 Å². The van der Waals surface area contributed by atoms with Gasteiger partial charge in [-0.25, -0.2) is 8.78 Å². The van der Waals surface area contributed by atoms with Gasteiger partial charge in [0, 0.05) is 6.54 Å². The van der Waals surface area contributed by atoms with Crippen LogP contribution in [0.2, 0.25) is 0 Å². The Labute approximate surface area is 135 Å². The molecule has 0 unspecified atom stereocenters. The van der Waals surface area contributed by atoms with E-state index in [0.717, 1.165) is 24.3 Å². The molecule has 0 fully saturated rings. The highest BCUT2D eigenvalue weighted by Gasteiger charge is 2.19. The van der Waals surface area contributed by atoms with Gasteiger partial charge in [-0.1, -0.05) is 6.08 Å². The first-order valence-electron chi connectivity index (χ1n) is 7.33. The summed E-state index contributed by atoms with van der Waals surface area (Å²) in [4.78, 5) is 9.60. The van der Waals surface area contributed by atoms with Crippen LogP contribution in [0.5, 0.6) is 5.75 Å². The molecule has 0 bridgehead atoms. The summed E-state index contributed by atoms with van der Waals surface area (Å²) in [6.45, 7) is 7.36. The van der Waals surface area contributed by atoms with E-state index in [1.807, 2.05) is 26.8 Å². The largest absolute Gasteiger partial charge is 0.493 e. The second-order valence-corrected chi connectivity index (χ2v) is 5.95. The molecule has 0 aromatic heterocycles. The topological polar surface area (TPSA) is 47.6 Å². The standard InChI is InChI=1S/C12H13F2NO.C5H10O2/c1-16-12-10(14)3-2-9(13)11(12)8-4-6-15-7-5-8;1-5(2,3)7-4-6/h2-4,15H,5-7H2,1H3;4H,1-3H3. The molecule has 0 amide bonds. The summed E-state index contributed by atoms with van der Waals surface area (Å²) in [5, 5.41) is 3.12. The molecule has 1 aliphatic rings. The predicted octanol–water partition coefficient (Wildman–Crippen LogP) is 3.31. The number of halogens is 2. The van der Waals surface area contributed by atoms with Crippen molar-refractivity contribution >= 4 is 12.0 Å². The van der Waals surface area contributed by atoms with Crippen molar-refractivity contribution in [1.82, 2.24) is 5.32 Å². The number of carbonyl (C=O) groups excluding carboxylic acids is 1. The molecule has 1 heterocycles. The van der Waals surface area contributed by atoms with Gasteiger partial charge in [-0.3, -0.25) is 4.79 Å². The summed E-state index contributed by atoms with van der Waals surface area (Å²) >= 11 is 0. The zero-order chi connectivity index (χ0) is 17.5. The number of benzene rings is 1. The highest BCUT2D eigenvalue weighted by atomic mass is 19.1. The Morgan fingerprint density at radius 2 is 1.87 bits per heavy atom. The second-order valence-electron chi connectivity index (χ2n) is 5.95. The fourth-order valence-electron chi connectivity index (χ4n) is 2.03. The van der Waals surface area contributed by atoms with Crippen molar-refractivity contribution in [3.63, 3.8) is 0 Å². The van der Waals surface area contributed by atoms with E-state index in [-0.39, 0.29) is 16.9 Å². The Morgan fingerprint density at radius 1 is 1.22 bits per heavy atom. The first-order chi connectivity index (χ1) is 10.8. The Bertz CT molecular complexity index is 566. The molecule has 128 valence electrons. The Kier molecular flexibility index (Phi) is 7.16. The number of hydrogen-bond donors (Lipinski definition) is 1. The summed E-state index contributed by atoms with van der Waals surface area (Å²) in [6, 6.07) is 2.22. The molecule has 1 aromatic rings. The van der Waals surface area contributed by atoms with E-state index in [9.17, 15) is 13.6 Å². The van der Waals surface area contributed by atoms with Crippen LogP contribution in [0.3, 0.4) is 0 Å². The lowest BCUT2D eigenvalue weighted by Gasteiger charge is -2.17. The summed E-state index contributed by atoms with van der Waals surface area (Å²) in [5.74, 6) is -0.974. The van der Waals surface area contributed by atoms with E-state index in [1.54, 1.807) is 0 Å². The molecule has 23 heavy (non-hydrogen) atoms. The average molecular weight is 327 g/mol. The highest BCUT2D eigenvalue weighted by molar-refractivity contribution is 5.72. The van der Waals surface area contributed by atoms with Crippen molar-refractivity contribution in [1.29, 1.82) is 0 Å². The molecular weight excluding hydrogens is 304 g/mol. The quantitative estimate of drug-likeness (QED) is 0.865. The number of carbonyl (C=O) groups is 1. The highest BCUT2D eigenvalue weighted by Crippen LogP contribution is 2.33. The van der Waals surface area contributed by atoms with Gasteiger partial charge in [0.15, 0.2) is 11.6 Å². The minimum atomic E-state index is -0.529. The molecule has 0 saturated heterocycles. The second kappa shape index (κ2) is 8.62. The van der Waals surface area contributed by atoms with Gasteiger partial charge in [-0.2, -0.15) is 0 Å². The maximum Gasteiger partial charge on any atom is 0.293 e. The number of nitrogens with one attached hydrogen (secondary N) is 1. The lowest BCUT2D eigenvalue weighted by Crippen LogP contribution is -2.20. The molecular formula is C17H23F2NO3. The molecule has 1 N–H and O–H groups in total. The van der Waals surface area contributed by atoms with Gasteiger partial charge in [0.25, 0.3) is 6.47 Å². The smallest absolute Gasteiger partial charge is 0.293 e. The Hall–Kier alpha value is -1.95. The first kappa shape index (κ1) is 19.1. The average Bonchev–Trinajstić information content (AvgIpc) is 2.49. The van der Waals surface area contributed by atoms with Crippen LogP contribution in [0, 0.1) is 11.6 Å².